The number of halogens is 1. The van der Waals surface area contributed by atoms with E-state index in [1.807, 2.05) is 6.07 Å². The third-order valence-corrected chi connectivity index (χ3v) is 4.41. The van der Waals surface area contributed by atoms with E-state index in [0.29, 0.717) is 10.6 Å². The summed E-state index contributed by atoms with van der Waals surface area (Å²) < 4.78 is 16.6. The van der Waals surface area contributed by atoms with Crippen LogP contribution in [0, 0.1) is 11.3 Å². The van der Waals surface area contributed by atoms with Gasteiger partial charge in [0.25, 0.3) is 5.91 Å². The minimum atomic E-state index is -1.36. The van der Waals surface area contributed by atoms with Gasteiger partial charge in [-0.3, -0.25) is 9.00 Å². The number of hydrogen-bond acceptors (Lipinski definition) is 5. The molecule has 8 heteroatoms. The first-order chi connectivity index (χ1) is 11.9. The largest absolute Gasteiger partial charge is 0.452 e. The fourth-order valence-corrected chi connectivity index (χ4v) is 2.93. The third kappa shape index (κ3) is 4.89. The fraction of sp³-hybridized carbons (Fsp3) is 0.118. The molecule has 0 aliphatic carbocycles. The molecule has 6 nitrogen and oxygen atoms in total. The minimum absolute atomic E-state index is 0.151. The van der Waals surface area contributed by atoms with Gasteiger partial charge in [-0.1, -0.05) is 23.7 Å². The first-order valence-electron chi connectivity index (χ1n) is 7.01. The molecule has 0 unspecified atom stereocenters. The van der Waals surface area contributed by atoms with Crippen LogP contribution in [0.1, 0.15) is 15.9 Å². The highest BCUT2D eigenvalue weighted by atomic mass is 35.5. The molecule has 2 aromatic carbocycles. The molecule has 0 bridgehead atoms. The summed E-state index contributed by atoms with van der Waals surface area (Å²) in [5, 5.41) is 11.5. The number of anilines is 1. The molecular weight excluding hydrogens is 364 g/mol. The second-order valence-corrected chi connectivity index (χ2v) is 6.64. The molecule has 0 radical (unpaired) electrons. The van der Waals surface area contributed by atoms with E-state index >= 15 is 0 Å². The molecule has 1 N–H and O–H groups in total. The van der Waals surface area contributed by atoms with Gasteiger partial charge in [0.15, 0.2) is 6.61 Å². The number of nitriles is 1. The first-order valence-corrected chi connectivity index (χ1v) is 8.95. The van der Waals surface area contributed by atoms with E-state index in [1.54, 1.807) is 18.2 Å². The van der Waals surface area contributed by atoms with Crippen molar-refractivity contribution < 1.29 is 18.5 Å². The lowest BCUT2D eigenvalue weighted by Gasteiger charge is -2.09. The summed E-state index contributed by atoms with van der Waals surface area (Å²) in [7, 11) is -1.36. The zero-order chi connectivity index (χ0) is 18.4. The van der Waals surface area contributed by atoms with E-state index in [-0.39, 0.29) is 16.1 Å². The predicted molar refractivity (Wildman–Crippen MR) is 93.9 cm³/mol. The van der Waals surface area contributed by atoms with Gasteiger partial charge in [0.1, 0.15) is 6.07 Å². The summed E-state index contributed by atoms with van der Waals surface area (Å²) in [6.07, 6.45) is 1.45. The average molecular weight is 377 g/mol. The van der Waals surface area contributed by atoms with Crippen LogP contribution in [0.4, 0.5) is 5.69 Å². The van der Waals surface area contributed by atoms with Crippen molar-refractivity contribution in [2.24, 2.45) is 0 Å². The minimum Gasteiger partial charge on any atom is -0.452 e. The van der Waals surface area contributed by atoms with Gasteiger partial charge in [0, 0.05) is 11.9 Å². The fourth-order valence-electron chi connectivity index (χ4n) is 1.98. The molecule has 0 aromatic heterocycles. The SMILES string of the molecule is C[S@@](=O)c1ccccc1C(=O)OCC(=O)Nc1ccc(C#N)c(Cl)c1. The molecule has 1 amide bonds. The number of benzene rings is 2. The highest BCUT2D eigenvalue weighted by molar-refractivity contribution is 7.84. The summed E-state index contributed by atoms with van der Waals surface area (Å²) in [6.45, 7) is -0.513. The van der Waals surface area contributed by atoms with Crippen LogP contribution in [0.3, 0.4) is 0 Å². The van der Waals surface area contributed by atoms with E-state index in [2.05, 4.69) is 5.32 Å². The Morgan fingerprint density at radius 1 is 1.28 bits per heavy atom. The van der Waals surface area contributed by atoms with Gasteiger partial charge < -0.3 is 10.1 Å². The number of esters is 1. The van der Waals surface area contributed by atoms with Gasteiger partial charge in [-0.05, 0) is 30.3 Å². The molecule has 0 heterocycles. The predicted octanol–water partition coefficient (Wildman–Crippen LogP) is 2.74. The van der Waals surface area contributed by atoms with Crippen molar-refractivity contribution in [3.8, 4) is 6.07 Å². The number of rotatable bonds is 5. The van der Waals surface area contributed by atoms with Crippen LogP contribution in [-0.2, 0) is 20.3 Å². The number of nitrogens with zero attached hydrogens (tertiary/aromatic N) is 1. The number of amides is 1. The lowest BCUT2D eigenvalue weighted by Crippen LogP contribution is -2.21. The molecule has 2 rings (SSSR count). The van der Waals surface area contributed by atoms with E-state index in [4.69, 9.17) is 21.6 Å². The summed E-state index contributed by atoms with van der Waals surface area (Å²) in [5.74, 6) is -1.30. The van der Waals surface area contributed by atoms with Crippen molar-refractivity contribution >= 4 is 40.0 Å². The van der Waals surface area contributed by atoms with Crippen molar-refractivity contribution in [2.45, 2.75) is 4.90 Å². The molecule has 0 spiro atoms. The van der Waals surface area contributed by atoms with Gasteiger partial charge in [-0.15, -0.1) is 0 Å². The molecule has 128 valence electrons. The molecule has 0 saturated heterocycles. The van der Waals surface area contributed by atoms with Gasteiger partial charge in [-0.2, -0.15) is 5.26 Å². The van der Waals surface area contributed by atoms with Crippen LogP contribution in [0.5, 0.6) is 0 Å². The van der Waals surface area contributed by atoms with Crippen LogP contribution in [0.2, 0.25) is 5.02 Å². The molecule has 1 atom stereocenters. The van der Waals surface area contributed by atoms with Crippen molar-refractivity contribution in [2.75, 3.05) is 18.2 Å². The third-order valence-electron chi connectivity index (χ3n) is 3.12. The van der Waals surface area contributed by atoms with Gasteiger partial charge in [0.05, 0.1) is 31.8 Å². The molecule has 0 aliphatic rings. The van der Waals surface area contributed by atoms with Crippen LogP contribution in [-0.4, -0.2) is 28.9 Å². The lowest BCUT2D eigenvalue weighted by atomic mass is 10.2. The summed E-state index contributed by atoms with van der Waals surface area (Å²) in [6, 6.07) is 12.6. The van der Waals surface area contributed by atoms with E-state index in [9.17, 15) is 13.8 Å². The normalized spacial score (nSPS) is 11.2. The van der Waals surface area contributed by atoms with E-state index in [1.165, 1.54) is 30.5 Å². The Morgan fingerprint density at radius 3 is 2.64 bits per heavy atom. The topological polar surface area (TPSA) is 96.3 Å². The Kier molecular flexibility index (Phi) is 6.28. The molecule has 2 aromatic rings. The quantitative estimate of drug-likeness (QED) is 0.809. The maximum Gasteiger partial charge on any atom is 0.339 e. The van der Waals surface area contributed by atoms with E-state index in [0.717, 1.165) is 0 Å². The van der Waals surface area contributed by atoms with Crippen LogP contribution in [0.15, 0.2) is 47.4 Å². The summed E-state index contributed by atoms with van der Waals surface area (Å²) in [5.41, 5.74) is 0.813. The average Bonchev–Trinajstić information content (AvgIpc) is 2.59. The number of carbonyl (C=O) groups excluding carboxylic acids is 2. The Hall–Kier alpha value is -2.69. The van der Waals surface area contributed by atoms with E-state index < -0.39 is 29.3 Å². The van der Waals surface area contributed by atoms with Crippen LogP contribution in [0.25, 0.3) is 0 Å². The maximum atomic E-state index is 12.1. The molecule has 0 saturated carbocycles. The van der Waals surface area contributed by atoms with Crippen molar-refractivity contribution in [3.05, 3.63) is 58.6 Å². The van der Waals surface area contributed by atoms with Crippen molar-refractivity contribution in [1.82, 2.24) is 0 Å². The highest BCUT2D eigenvalue weighted by Crippen LogP contribution is 2.20. The standard InChI is InChI=1S/C17H13ClN2O4S/c1-25(23)15-5-3-2-4-13(15)17(22)24-10-16(21)20-12-7-6-11(9-19)14(18)8-12/h2-8H,10H2,1H3,(H,20,21)/t25-/m1/s1. The second kappa shape index (κ2) is 8.42. The second-order valence-electron chi connectivity index (χ2n) is 4.88. The smallest absolute Gasteiger partial charge is 0.339 e. The van der Waals surface area contributed by atoms with Gasteiger partial charge in [0.2, 0.25) is 0 Å². The number of hydrogen-bond donors (Lipinski definition) is 1. The first kappa shape index (κ1) is 18.6. The number of carbonyl (C=O) groups is 2. The summed E-state index contributed by atoms with van der Waals surface area (Å²) in [4.78, 5) is 24.3. The van der Waals surface area contributed by atoms with Gasteiger partial charge >= 0.3 is 5.97 Å². The monoisotopic (exact) mass is 376 g/mol. The zero-order valence-electron chi connectivity index (χ0n) is 13.1. The summed E-state index contributed by atoms with van der Waals surface area (Å²) >= 11 is 5.88. The molecule has 0 fully saturated rings. The van der Waals surface area contributed by atoms with Crippen LogP contribution < -0.4 is 5.32 Å². The molecular formula is C17H13ClN2O4S. The Balaban J connectivity index is 1.98. The Labute approximate surface area is 151 Å². The molecule has 0 aliphatic heterocycles. The lowest BCUT2D eigenvalue weighted by molar-refractivity contribution is -0.119. The number of ether oxygens (including phenoxy) is 1. The molecule has 25 heavy (non-hydrogen) atoms. The maximum absolute atomic E-state index is 12.1. The highest BCUT2D eigenvalue weighted by Gasteiger charge is 2.16. The Morgan fingerprint density at radius 2 is 2.00 bits per heavy atom. The van der Waals surface area contributed by atoms with Crippen LogP contribution >= 0.6 is 11.6 Å². The Bertz CT molecular complexity index is 892. The van der Waals surface area contributed by atoms with Crippen molar-refractivity contribution in [1.29, 1.82) is 5.26 Å². The zero-order valence-corrected chi connectivity index (χ0v) is 14.7. The van der Waals surface area contributed by atoms with Crippen molar-refractivity contribution in [3.63, 3.8) is 0 Å². The number of nitrogens with one attached hydrogen (secondary N) is 1. The van der Waals surface area contributed by atoms with Gasteiger partial charge in [-0.25, -0.2) is 4.79 Å².